The van der Waals surface area contributed by atoms with Crippen molar-refractivity contribution in [3.05, 3.63) is 0 Å². The van der Waals surface area contributed by atoms with E-state index in [9.17, 15) is 9.59 Å². The second-order valence-electron chi connectivity index (χ2n) is 16.2. The molecule has 0 saturated carbocycles. The summed E-state index contributed by atoms with van der Waals surface area (Å²) in [5.41, 5.74) is 0. The number of carbonyl (C=O) groups excluding carboxylic acids is 2. The van der Waals surface area contributed by atoms with E-state index < -0.39 is 0 Å². The van der Waals surface area contributed by atoms with E-state index in [1.807, 2.05) is 0 Å². The molecule has 0 saturated heterocycles. The van der Waals surface area contributed by atoms with Crippen molar-refractivity contribution in [2.24, 2.45) is 0 Å². The average molecular weight is 1190 g/mol. The quantitative estimate of drug-likeness (QED) is 0.0596. The van der Waals surface area contributed by atoms with Gasteiger partial charge in [0, 0.05) is 12.8 Å². The molecule has 0 amide bonds. The van der Waals surface area contributed by atoms with Crippen molar-refractivity contribution in [2.75, 3.05) is 330 Å². The lowest BCUT2D eigenvalue weighted by atomic mass is 10.5. The Labute approximate surface area is 482 Å². The van der Waals surface area contributed by atoms with Crippen LogP contribution in [0.2, 0.25) is 0 Å². The minimum absolute atomic E-state index is 0.406. The van der Waals surface area contributed by atoms with Crippen molar-refractivity contribution in [2.45, 2.75) is 12.8 Å². The smallest absolute Gasteiger partial charge is 0.122 e. The Balaban J connectivity index is 3.08. The SMILES string of the molecule is O=CCCOCCOCCOCCOCCOCCOCCOCCOCCOCCOCCOCCOCCOCCOCCOCCOCCOCCOCCOCCOCCOCCOCCOCCOCCOCCC=O. The highest BCUT2D eigenvalue weighted by Crippen LogP contribution is 1.92. The largest absolute Gasteiger partial charge is 0.379 e. The van der Waals surface area contributed by atoms with E-state index >= 15 is 0 Å². The van der Waals surface area contributed by atoms with E-state index in [0.717, 1.165) is 12.6 Å². The van der Waals surface area contributed by atoms with Gasteiger partial charge in [-0.15, -0.1) is 0 Å². The third-order valence-electron chi connectivity index (χ3n) is 9.69. The molecule has 0 heterocycles. The summed E-state index contributed by atoms with van der Waals surface area (Å²) < 4.78 is 137. The Morgan fingerprint density at radius 1 is 0.111 bits per heavy atom. The molecule has 0 bridgehead atoms. The number of aldehydes is 2. The Hall–Kier alpha value is -1.66. The molecular formula is C54H106O27. The molecule has 0 aliphatic carbocycles. The summed E-state index contributed by atoms with van der Waals surface area (Å²) in [6.07, 6.45) is 2.47. The molecule has 0 fully saturated rings. The topological polar surface area (TPSA) is 265 Å². The Bertz CT molecular complexity index is 1050. The van der Waals surface area contributed by atoms with Gasteiger partial charge in [0.05, 0.1) is 330 Å². The maximum Gasteiger partial charge on any atom is 0.122 e. The maximum atomic E-state index is 10.2. The van der Waals surface area contributed by atoms with E-state index in [1.54, 1.807) is 0 Å². The van der Waals surface area contributed by atoms with Gasteiger partial charge in [-0.25, -0.2) is 0 Å². The number of ether oxygens (including phenoxy) is 25. The van der Waals surface area contributed by atoms with Crippen LogP contribution >= 0.6 is 0 Å². The molecule has 0 radical (unpaired) electrons. The minimum atomic E-state index is 0.406. The van der Waals surface area contributed by atoms with Gasteiger partial charge in [-0.2, -0.15) is 0 Å². The summed E-state index contributed by atoms with van der Waals surface area (Å²) in [4.78, 5) is 20.4. The average Bonchev–Trinajstić information content (AvgIpc) is 3.48. The van der Waals surface area contributed by atoms with Crippen LogP contribution in [0.1, 0.15) is 12.8 Å². The van der Waals surface area contributed by atoms with Crippen LogP contribution < -0.4 is 0 Å². The van der Waals surface area contributed by atoms with Gasteiger partial charge in [-0.1, -0.05) is 0 Å². The third kappa shape index (κ3) is 78.3. The zero-order valence-corrected chi connectivity index (χ0v) is 48.9. The Morgan fingerprint density at radius 2 is 0.173 bits per heavy atom. The predicted octanol–water partition coefficient (Wildman–Crippen LogP) is 0.579. The van der Waals surface area contributed by atoms with E-state index in [-0.39, 0.29) is 0 Å². The Kier molecular flexibility index (Phi) is 76.7. The molecular weight excluding hydrogens is 1080 g/mol. The fraction of sp³-hybridized carbons (Fsp3) is 0.963. The number of hydrogen-bond donors (Lipinski definition) is 0. The fourth-order valence-electron chi connectivity index (χ4n) is 5.64. The zero-order chi connectivity index (χ0) is 57.9. The van der Waals surface area contributed by atoms with Gasteiger partial charge in [-0.05, 0) is 0 Å². The molecule has 81 heavy (non-hydrogen) atoms. The first-order chi connectivity index (χ1) is 40.4. The van der Waals surface area contributed by atoms with Crippen molar-refractivity contribution in [1.29, 1.82) is 0 Å². The van der Waals surface area contributed by atoms with Crippen LogP contribution in [0.5, 0.6) is 0 Å². The fourth-order valence-corrected chi connectivity index (χ4v) is 5.64. The second kappa shape index (κ2) is 78.3. The molecule has 0 aromatic carbocycles. The molecule has 0 rings (SSSR count). The monoisotopic (exact) mass is 1190 g/mol. The lowest BCUT2D eigenvalue weighted by Gasteiger charge is -2.09. The molecule has 0 aromatic rings. The molecule has 27 nitrogen and oxygen atoms in total. The molecule has 0 N–H and O–H groups in total. The maximum absolute atomic E-state index is 10.2. The number of hydrogen-bond acceptors (Lipinski definition) is 27. The molecule has 0 atom stereocenters. The number of carbonyl (C=O) groups is 2. The van der Waals surface area contributed by atoms with E-state index in [0.29, 0.717) is 343 Å². The van der Waals surface area contributed by atoms with Crippen molar-refractivity contribution >= 4 is 12.6 Å². The molecule has 484 valence electrons. The molecule has 0 aliphatic rings. The van der Waals surface area contributed by atoms with Crippen LogP contribution in [0.25, 0.3) is 0 Å². The van der Waals surface area contributed by atoms with Gasteiger partial charge < -0.3 is 128 Å². The van der Waals surface area contributed by atoms with E-state index in [1.165, 1.54) is 0 Å². The standard InChI is InChI=1S/C54H106O27/c55-3-1-5-57-7-9-59-11-13-61-15-17-63-19-21-65-23-25-67-27-29-69-31-33-71-35-37-73-39-41-75-43-45-77-47-49-79-51-53-81-54-52-80-50-48-78-46-44-76-42-40-74-38-36-72-34-32-70-30-28-68-26-24-66-22-20-64-18-16-62-14-12-60-10-8-58-6-2-4-56/h3-4H,1-2,5-54H2. The highest BCUT2D eigenvalue weighted by atomic mass is 16.6. The summed E-state index contributed by atoms with van der Waals surface area (Å²) in [7, 11) is 0. The predicted molar refractivity (Wildman–Crippen MR) is 292 cm³/mol. The summed E-state index contributed by atoms with van der Waals surface area (Å²) in [5, 5.41) is 0. The molecule has 0 aliphatic heterocycles. The van der Waals surface area contributed by atoms with Crippen LogP contribution in [-0.2, 0) is 128 Å². The van der Waals surface area contributed by atoms with Crippen molar-refractivity contribution in [3.8, 4) is 0 Å². The van der Waals surface area contributed by atoms with E-state index in [4.69, 9.17) is 118 Å². The first-order valence-corrected chi connectivity index (χ1v) is 28.7. The van der Waals surface area contributed by atoms with Crippen LogP contribution in [0.4, 0.5) is 0 Å². The summed E-state index contributed by atoms with van der Waals surface area (Å²) in [6.45, 7) is 24.1. The van der Waals surface area contributed by atoms with Crippen LogP contribution in [0.15, 0.2) is 0 Å². The third-order valence-corrected chi connectivity index (χ3v) is 9.69. The van der Waals surface area contributed by atoms with Crippen molar-refractivity contribution < 1.29 is 128 Å². The van der Waals surface area contributed by atoms with Crippen LogP contribution in [0, 0.1) is 0 Å². The number of rotatable bonds is 78. The Morgan fingerprint density at radius 3 is 0.235 bits per heavy atom. The van der Waals surface area contributed by atoms with Crippen LogP contribution in [-0.4, -0.2) is 343 Å². The highest BCUT2D eigenvalue weighted by molar-refractivity contribution is 5.49. The molecule has 27 heteroatoms. The van der Waals surface area contributed by atoms with Crippen molar-refractivity contribution in [3.63, 3.8) is 0 Å². The highest BCUT2D eigenvalue weighted by Gasteiger charge is 2.01. The van der Waals surface area contributed by atoms with Gasteiger partial charge >= 0.3 is 0 Å². The van der Waals surface area contributed by atoms with Crippen molar-refractivity contribution in [1.82, 2.24) is 0 Å². The van der Waals surface area contributed by atoms with Crippen LogP contribution in [0.3, 0.4) is 0 Å². The lowest BCUT2D eigenvalue weighted by molar-refractivity contribution is -0.109. The normalized spacial score (nSPS) is 11.7. The van der Waals surface area contributed by atoms with Gasteiger partial charge in [0.2, 0.25) is 0 Å². The summed E-state index contributed by atoms with van der Waals surface area (Å²) in [5.74, 6) is 0. The van der Waals surface area contributed by atoms with E-state index in [2.05, 4.69) is 0 Å². The first kappa shape index (κ1) is 79.3. The lowest BCUT2D eigenvalue weighted by Crippen LogP contribution is -2.16. The van der Waals surface area contributed by atoms with Gasteiger partial charge in [-0.3, -0.25) is 0 Å². The summed E-state index contributed by atoms with van der Waals surface area (Å²) in [6, 6.07) is 0. The van der Waals surface area contributed by atoms with Gasteiger partial charge in [0.25, 0.3) is 0 Å². The molecule has 0 spiro atoms. The minimum Gasteiger partial charge on any atom is -0.379 e. The second-order valence-corrected chi connectivity index (χ2v) is 16.2. The van der Waals surface area contributed by atoms with Gasteiger partial charge in [0.1, 0.15) is 12.6 Å². The zero-order valence-electron chi connectivity index (χ0n) is 48.9. The summed E-state index contributed by atoms with van der Waals surface area (Å²) >= 11 is 0. The molecule has 0 aromatic heterocycles. The van der Waals surface area contributed by atoms with Gasteiger partial charge in [0.15, 0.2) is 0 Å². The first-order valence-electron chi connectivity index (χ1n) is 28.7. The molecule has 0 unspecified atom stereocenters.